The van der Waals surface area contributed by atoms with Crippen LogP contribution < -0.4 is 11.1 Å². The van der Waals surface area contributed by atoms with Crippen molar-refractivity contribution in [2.45, 2.75) is 17.7 Å². The minimum atomic E-state index is -3.53. The van der Waals surface area contributed by atoms with Gasteiger partial charge in [-0.3, -0.25) is 4.79 Å². The predicted molar refractivity (Wildman–Crippen MR) is 85.6 cm³/mol. The van der Waals surface area contributed by atoms with Crippen LogP contribution in [0.25, 0.3) is 0 Å². The van der Waals surface area contributed by atoms with Gasteiger partial charge in [0.25, 0.3) is 5.91 Å². The van der Waals surface area contributed by atoms with Crippen LogP contribution in [0.2, 0.25) is 0 Å². The first-order valence-electron chi connectivity index (χ1n) is 6.51. The lowest BCUT2D eigenvalue weighted by atomic mass is 10.2. The second-order valence-corrected chi connectivity index (χ2v) is 7.66. The highest BCUT2D eigenvalue weighted by Crippen LogP contribution is 2.25. The molecule has 0 aliphatic carbocycles. The monoisotopic (exact) mass is 377 g/mol. The van der Waals surface area contributed by atoms with E-state index in [-0.39, 0.29) is 10.8 Å². The second-order valence-electron chi connectivity index (χ2n) is 4.68. The lowest BCUT2D eigenvalue weighted by Crippen LogP contribution is -2.25. The number of sulfonamides is 1. The number of unbranched alkanes of at least 4 members (excludes halogenated alkanes) is 1. The van der Waals surface area contributed by atoms with Gasteiger partial charge >= 0.3 is 0 Å². The van der Waals surface area contributed by atoms with Crippen LogP contribution in [-0.2, 0) is 10.0 Å². The van der Waals surface area contributed by atoms with Crippen molar-refractivity contribution in [3.63, 3.8) is 0 Å². The number of halogens is 1. The third kappa shape index (κ3) is 4.77. The molecule has 0 aromatic heterocycles. The van der Waals surface area contributed by atoms with E-state index in [0.717, 1.165) is 17.1 Å². The van der Waals surface area contributed by atoms with Crippen molar-refractivity contribution >= 4 is 31.9 Å². The molecule has 0 bridgehead atoms. The number of carbonyl (C=O) groups excluding carboxylic acids is 1. The Morgan fingerprint density at radius 3 is 2.52 bits per heavy atom. The average Bonchev–Trinajstić information content (AvgIpc) is 2.42. The third-order valence-electron chi connectivity index (χ3n) is 2.87. The van der Waals surface area contributed by atoms with Crippen LogP contribution in [0.1, 0.15) is 23.2 Å². The Kier molecular flexibility index (Phi) is 6.79. The normalized spacial score (nSPS) is 11.7. The van der Waals surface area contributed by atoms with Crippen LogP contribution in [0.3, 0.4) is 0 Å². The van der Waals surface area contributed by atoms with Gasteiger partial charge in [-0.05, 0) is 53.5 Å². The van der Waals surface area contributed by atoms with Gasteiger partial charge in [0, 0.05) is 30.7 Å². The minimum Gasteiger partial charge on any atom is -0.352 e. The average molecular weight is 378 g/mol. The van der Waals surface area contributed by atoms with Gasteiger partial charge in [-0.15, -0.1) is 0 Å². The van der Waals surface area contributed by atoms with Crippen molar-refractivity contribution in [3.05, 3.63) is 28.2 Å². The number of amides is 1. The quantitative estimate of drug-likeness (QED) is 0.697. The van der Waals surface area contributed by atoms with Gasteiger partial charge in [0.1, 0.15) is 0 Å². The summed E-state index contributed by atoms with van der Waals surface area (Å²) in [5.41, 5.74) is 5.79. The SMILES string of the molecule is CN(C)S(=O)(=O)c1ccc(C(=O)NCCCCN)cc1Br. The van der Waals surface area contributed by atoms with Gasteiger partial charge in [0.2, 0.25) is 10.0 Å². The number of hydrogen-bond donors (Lipinski definition) is 2. The van der Waals surface area contributed by atoms with Crippen molar-refractivity contribution < 1.29 is 13.2 Å². The summed E-state index contributed by atoms with van der Waals surface area (Å²) in [6.07, 6.45) is 1.67. The number of nitrogens with two attached hydrogens (primary N) is 1. The molecule has 6 nitrogen and oxygen atoms in total. The summed E-state index contributed by atoms with van der Waals surface area (Å²) in [6.45, 7) is 1.14. The fraction of sp³-hybridized carbons (Fsp3) is 0.462. The van der Waals surface area contributed by atoms with E-state index in [1.807, 2.05) is 0 Å². The number of nitrogens with one attached hydrogen (secondary N) is 1. The first-order valence-corrected chi connectivity index (χ1v) is 8.74. The van der Waals surface area contributed by atoms with Gasteiger partial charge in [0.15, 0.2) is 0 Å². The molecule has 0 aliphatic heterocycles. The van der Waals surface area contributed by atoms with Crippen molar-refractivity contribution in [1.82, 2.24) is 9.62 Å². The fourth-order valence-electron chi connectivity index (χ4n) is 1.62. The Hall–Kier alpha value is -0.960. The summed E-state index contributed by atoms with van der Waals surface area (Å²) in [4.78, 5) is 12.1. The zero-order valence-electron chi connectivity index (χ0n) is 12.1. The highest BCUT2D eigenvalue weighted by molar-refractivity contribution is 9.10. The summed E-state index contributed by atoms with van der Waals surface area (Å²) < 4.78 is 25.6. The first-order chi connectivity index (χ1) is 9.80. The van der Waals surface area contributed by atoms with E-state index in [1.165, 1.54) is 32.3 Å². The highest BCUT2D eigenvalue weighted by atomic mass is 79.9. The Balaban J connectivity index is 2.86. The van der Waals surface area contributed by atoms with Crippen LogP contribution in [-0.4, -0.2) is 45.8 Å². The van der Waals surface area contributed by atoms with E-state index in [4.69, 9.17) is 5.73 Å². The molecule has 3 N–H and O–H groups in total. The summed E-state index contributed by atoms with van der Waals surface area (Å²) in [5, 5.41) is 2.77. The Morgan fingerprint density at radius 2 is 2.00 bits per heavy atom. The van der Waals surface area contributed by atoms with Crippen LogP contribution >= 0.6 is 15.9 Å². The maximum Gasteiger partial charge on any atom is 0.251 e. The van der Waals surface area contributed by atoms with Crippen LogP contribution in [0, 0.1) is 0 Å². The molecule has 0 atom stereocenters. The van der Waals surface area contributed by atoms with Crippen molar-refractivity contribution in [2.75, 3.05) is 27.2 Å². The number of rotatable bonds is 7. The summed E-state index contributed by atoms with van der Waals surface area (Å²) in [5.74, 6) is -0.235. The molecule has 0 heterocycles. The van der Waals surface area contributed by atoms with Crippen LogP contribution in [0.15, 0.2) is 27.6 Å². The van der Waals surface area contributed by atoms with E-state index >= 15 is 0 Å². The third-order valence-corrected chi connectivity index (χ3v) is 5.66. The summed E-state index contributed by atoms with van der Waals surface area (Å²) in [6, 6.07) is 4.43. The molecule has 118 valence electrons. The fourth-order valence-corrected chi connectivity index (χ4v) is 3.55. The molecule has 0 aliphatic rings. The van der Waals surface area contributed by atoms with Gasteiger partial charge in [-0.2, -0.15) is 0 Å². The molecular weight excluding hydrogens is 358 g/mol. The Labute approximate surface area is 133 Å². The molecule has 1 amide bonds. The number of nitrogens with zero attached hydrogens (tertiary/aromatic N) is 1. The molecule has 21 heavy (non-hydrogen) atoms. The van der Waals surface area contributed by atoms with Crippen molar-refractivity contribution in [1.29, 1.82) is 0 Å². The maximum absolute atomic E-state index is 12.1. The molecule has 0 saturated carbocycles. The first kappa shape index (κ1) is 18.1. The van der Waals surface area contributed by atoms with Gasteiger partial charge in [0.05, 0.1) is 4.90 Å². The largest absolute Gasteiger partial charge is 0.352 e. The molecule has 1 rings (SSSR count). The molecule has 0 fully saturated rings. The lowest BCUT2D eigenvalue weighted by Gasteiger charge is -2.13. The summed E-state index contributed by atoms with van der Waals surface area (Å²) in [7, 11) is -0.617. The smallest absolute Gasteiger partial charge is 0.251 e. The zero-order chi connectivity index (χ0) is 16.0. The molecule has 1 aromatic carbocycles. The molecule has 0 saturated heterocycles. The second kappa shape index (κ2) is 7.88. The number of benzene rings is 1. The highest BCUT2D eigenvalue weighted by Gasteiger charge is 2.21. The van der Waals surface area contributed by atoms with E-state index in [1.54, 1.807) is 0 Å². The van der Waals surface area contributed by atoms with Crippen LogP contribution in [0.4, 0.5) is 0 Å². The van der Waals surface area contributed by atoms with Gasteiger partial charge in [-0.1, -0.05) is 0 Å². The predicted octanol–water partition coefficient (Wildman–Crippen LogP) is 1.17. The van der Waals surface area contributed by atoms with E-state index in [9.17, 15) is 13.2 Å². The molecule has 0 unspecified atom stereocenters. The summed E-state index contributed by atoms with van der Waals surface area (Å²) >= 11 is 3.21. The number of carbonyl (C=O) groups is 1. The van der Waals surface area contributed by atoms with E-state index in [2.05, 4.69) is 21.2 Å². The molecule has 0 radical (unpaired) electrons. The van der Waals surface area contributed by atoms with Crippen molar-refractivity contribution in [2.24, 2.45) is 5.73 Å². The van der Waals surface area contributed by atoms with E-state index < -0.39 is 10.0 Å². The molecule has 0 spiro atoms. The Morgan fingerprint density at radius 1 is 1.33 bits per heavy atom. The molecular formula is C13H20BrN3O3S. The number of hydrogen-bond acceptors (Lipinski definition) is 4. The minimum absolute atomic E-state index is 0.132. The van der Waals surface area contributed by atoms with Gasteiger partial charge < -0.3 is 11.1 Å². The lowest BCUT2D eigenvalue weighted by molar-refractivity contribution is 0.0953. The van der Waals surface area contributed by atoms with Crippen molar-refractivity contribution in [3.8, 4) is 0 Å². The Bertz CT molecular complexity index is 603. The topological polar surface area (TPSA) is 92.5 Å². The molecule has 1 aromatic rings. The maximum atomic E-state index is 12.1. The van der Waals surface area contributed by atoms with Crippen LogP contribution in [0.5, 0.6) is 0 Å². The zero-order valence-corrected chi connectivity index (χ0v) is 14.5. The molecule has 8 heteroatoms. The standard InChI is InChI=1S/C13H20BrN3O3S/c1-17(2)21(19,20)12-6-5-10(9-11(12)14)13(18)16-8-4-3-7-15/h5-6,9H,3-4,7-8,15H2,1-2H3,(H,16,18). The van der Waals surface area contributed by atoms with E-state index in [0.29, 0.717) is 23.1 Å². The van der Waals surface area contributed by atoms with Gasteiger partial charge in [-0.25, -0.2) is 12.7 Å².